The van der Waals surface area contributed by atoms with Crippen molar-refractivity contribution in [1.29, 1.82) is 0 Å². The monoisotopic (exact) mass is 202 g/mol. The Morgan fingerprint density at radius 3 is 1.67 bits per heavy atom. The van der Waals surface area contributed by atoms with E-state index in [0.29, 0.717) is 0 Å². The second-order valence-corrected chi connectivity index (χ2v) is 2.33. The minimum atomic E-state index is -1.19. The van der Waals surface area contributed by atoms with E-state index in [9.17, 15) is 0 Å². The van der Waals surface area contributed by atoms with Gasteiger partial charge >= 0.3 is 36.5 Å². The molecule has 0 saturated carbocycles. The summed E-state index contributed by atoms with van der Waals surface area (Å²) in [6.45, 7) is 0. The first-order chi connectivity index (χ1) is 2.21. The Kier molecular flexibility index (Phi) is 2.23. The SMILES string of the molecule is OC1([AsH2])OO1.[Zn]. The van der Waals surface area contributed by atoms with Gasteiger partial charge in [-0.25, -0.2) is 0 Å². The molecule has 0 aromatic rings. The maximum absolute atomic E-state index is 8.22. The predicted octanol–water partition coefficient (Wildman–Crippen LogP) is -1.82. The van der Waals surface area contributed by atoms with Gasteiger partial charge in [-0.05, 0) is 0 Å². The number of rotatable bonds is 0. The smallest absolute Gasteiger partial charge is 0 e. The van der Waals surface area contributed by atoms with Crippen molar-refractivity contribution in [2.24, 2.45) is 0 Å². The summed E-state index contributed by atoms with van der Waals surface area (Å²) < 4.78 is -1.19. The molecule has 0 spiro atoms. The summed E-state index contributed by atoms with van der Waals surface area (Å²) in [6.07, 6.45) is 0. The molecule has 1 fully saturated rings. The fourth-order valence-electron chi connectivity index (χ4n) is 0.0427. The van der Waals surface area contributed by atoms with Gasteiger partial charge in [-0.15, -0.1) is 0 Å². The molecular formula is CH3AsO3Zn. The third-order valence-corrected chi connectivity index (χ3v) is 0.658. The average Bonchev–Trinajstić information content (AvgIpc) is 1.76. The van der Waals surface area contributed by atoms with Crippen LogP contribution in [0.2, 0.25) is 0 Å². The van der Waals surface area contributed by atoms with E-state index in [4.69, 9.17) is 5.11 Å². The molecule has 1 unspecified atom stereocenters. The van der Waals surface area contributed by atoms with Crippen LogP contribution in [-0.4, -0.2) is 26.7 Å². The van der Waals surface area contributed by atoms with E-state index < -0.39 is 4.76 Å². The van der Waals surface area contributed by atoms with Crippen LogP contribution in [0, 0.1) is 0 Å². The van der Waals surface area contributed by atoms with Gasteiger partial charge in [-0.2, -0.15) is 0 Å². The van der Waals surface area contributed by atoms with Gasteiger partial charge in [0.25, 0.3) is 0 Å². The molecule has 5 heteroatoms. The van der Waals surface area contributed by atoms with Crippen LogP contribution in [0.1, 0.15) is 0 Å². The van der Waals surface area contributed by atoms with Gasteiger partial charge in [0, 0.05) is 19.5 Å². The van der Waals surface area contributed by atoms with Crippen molar-refractivity contribution in [3.8, 4) is 0 Å². The van der Waals surface area contributed by atoms with Crippen LogP contribution in [-0.2, 0) is 29.3 Å². The Bertz CT molecular complexity index is 48.8. The minimum absolute atomic E-state index is 0. The van der Waals surface area contributed by atoms with Crippen LogP contribution in [0.15, 0.2) is 0 Å². The summed E-state index contributed by atoms with van der Waals surface area (Å²) in [4.78, 5) is 7.96. The molecule has 1 saturated heterocycles. The van der Waals surface area contributed by atoms with Crippen molar-refractivity contribution < 1.29 is 34.4 Å². The van der Waals surface area contributed by atoms with E-state index in [0.717, 1.165) is 16.9 Å². The van der Waals surface area contributed by atoms with Crippen molar-refractivity contribution in [2.75, 3.05) is 0 Å². The molecule has 0 aromatic carbocycles. The van der Waals surface area contributed by atoms with Gasteiger partial charge in [0.2, 0.25) is 0 Å². The number of hydrogen-bond acceptors (Lipinski definition) is 3. The van der Waals surface area contributed by atoms with Crippen LogP contribution in [0.5, 0.6) is 0 Å². The van der Waals surface area contributed by atoms with Gasteiger partial charge in [-0.1, -0.05) is 0 Å². The Morgan fingerprint density at radius 2 is 1.67 bits per heavy atom. The molecule has 32 valence electrons. The van der Waals surface area contributed by atoms with Crippen molar-refractivity contribution in [1.82, 2.24) is 0 Å². The first-order valence-electron chi connectivity index (χ1n) is 1.09. The molecule has 0 aliphatic carbocycles. The molecular weight excluding hydrogens is 200 g/mol. The maximum atomic E-state index is 8.22. The quantitative estimate of drug-likeness (QED) is 0.286. The summed E-state index contributed by atoms with van der Waals surface area (Å²) in [5, 5.41) is 8.22. The Balaban J connectivity index is 0.000000250. The van der Waals surface area contributed by atoms with Gasteiger partial charge in [0.1, 0.15) is 0 Å². The van der Waals surface area contributed by atoms with E-state index in [1.165, 1.54) is 0 Å². The molecule has 0 bridgehead atoms. The third kappa shape index (κ3) is 2.27. The van der Waals surface area contributed by atoms with Gasteiger partial charge in [0.05, 0.1) is 0 Å². The molecule has 1 rings (SSSR count). The molecule has 1 aliphatic rings. The topological polar surface area (TPSA) is 45.3 Å². The van der Waals surface area contributed by atoms with E-state index in [1.807, 2.05) is 0 Å². The Hall–Kier alpha value is 1.06. The zero-order chi connectivity index (χ0) is 3.91. The molecule has 1 atom stereocenters. The second kappa shape index (κ2) is 1.89. The molecule has 3 nitrogen and oxygen atoms in total. The maximum Gasteiger partial charge on any atom is 0 e. The first-order valence-corrected chi connectivity index (χ1v) is 2.30. The molecule has 1 N–H and O–H groups in total. The fraction of sp³-hybridized carbons (Fsp3) is 1.00. The number of hydrogen-bond donors (Lipinski definition) is 1. The summed E-state index contributed by atoms with van der Waals surface area (Å²) in [6, 6.07) is 0. The first kappa shape index (κ1) is 7.06. The normalized spacial score (nSPS) is 25.0. The van der Waals surface area contributed by atoms with Crippen LogP contribution in [0.4, 0.5) is 0 Å². The van der Waals surface area contributed by atoms with E-state index >= 15 is 0 Å². The molecule has 6 heavy (non-hydrogen) atoms. The molecule has 1 heterocycles. The van der Waals surface area contributed by atoms with Crippen LogP contribution in [0.3, 0.4) is 0 Å². The summed E-state index contributed by atoms with van der Waals surface area (Å²) in [5.74, 6) is 0. The van der Waals surface area contributed by atoms with Crippen molar-refractivity contribution in [3.05, 3.63) is 0 Å². The summed E-state index contributed by atoms with van der Waals surface area (Å²) in [5.41, 5.74) is 0. The zero-order valence-corrected chi connectivity index (χ0v) is 8.44. The fourth-order valence-corrected chi connectivity index (χ4v) is 0.144. The van der Waals surface area contributed by atoms with E-state index in [2.05, 4.69) is 9.78 Å². The summed E-state index contributed by atoms with van der Waals surface area (Å²) in [7, 11) is 0. The van der Waals surface area contributed by atoms with Crippen LogP contribution in [0.25, 0.3) is 0 Å². The van der Waals surface area contributed by atoms with Crippen molar-refractivity contribution in [2.45, 2.75) is 4.76 Å². The molecule has 0 amide bonds. The molecule has 1 aliphatic heterocycles. The van der Waals surface area contributed by atoms with Gasteiger partial charge < -0.3 is 0 Å². The van der Waals surface area contributed by atoms with Gasteiger partial charge in [0.15, 0.2) is 0 Å². The predicted molar refractivity (Wildman–Crippen MR) is 15.7 cm³/mol. The van der Waals surface area contributed by atoms with Crippen molar-refractivity contribution in [3.63, 3.8) is 0 Å². The van der Waals surface area contributed by atoms with Crippen LogP contribution < -0.4 is 0 Å². The largest absolute Gasteiger partial charge is 0 e. The van der Waals surface area contributed by atoms with Crippen LogP contribution >= 0.6 is 0 Å². The number of aliphatic hydroxyl groups is 1. The molecule has 0 aromatic heterocycles. The van der Waals surface area contributed by atoms with Gasteiger partial charge in [-0.3, -0.25) is 0 Å². The second-order valence-electron chi connectivity index (χ2n) is 0.797. The minimum Gasteiger partial charge on any atom is 0 e. The Morgan fingerprint density at radius 1 is 1.50 bits per heavy atom. The zero-order valence-electron chi connectivity index (χ0n) is 3.05. The average molecular weight is 203 g/mol. The van der Waals surface area contributed by atoms with E-state index in [1.54, 1.807) is 0 Å². The van der Waals surface area contributed by atoms with Crippen molar-refractivity contribution >= 4 is 16.9 Å². The molecule has 0 radical (unpaired) electrons. The standard InChI is InChI=1S/CH3AsO3.Zn/c2-1(3)4-5-1;/h3H,2H2;. The van der Waals surface area contributed by atoms with E-state index in [-0.39, 0.29) is 19.5 Å². The third-order valence-electron chi connectivity index (χ3n) is 0.254. The summed E-state index contributed by atoms with van der Waals surface area (Å²) >= 11 is 1.01. The Labute approximate surface area is 56.2 Å².